The Morgan fingerprint density at radius 2 is 1.95 bits per heavy atom. The molecule has 0 radical (unpaired) electrons. The fraction of sp³-hybridized carbons (Fsp3) is 0.588. The Balaban J connectivity index is 1.98. The molecule has 110 valence electrons. The molecular formula is C17H25NO2. The molecule has 0 heterocycles. The van der Waals surface area contributed by atoms with Crippen LogP contribution in [0.2, 0.25) is 0 Å². The molecule has 1 aliphatic rings. The van der Waals surface area contributed by atoms with Crippen molar-refractivity contribution in [2.24, 2.45) is 11.8 Å². The summed E-state index contributed by atoms with van der Waals surface area (Å²) in [5.41, 5.74) is 2.03. The van der Waals surface area contributed by atoms with Gasteiger partial charge in [-0.05, 0) is 29.4 Å². The molecule has 1 aliphatic carbocycles. The first-order valence-corrected chi connectivity index (χ1v) is 7.60. The molecule has 0 aromatic heterocycles. The molecule has 0 saturated heterocycles. The molecule has 0 aliphatic heterocycles. The molecule has 3 unspecified atom stereocenters. The number of hydrogen-bond acceptors (Lipinski definition) is 2. The van der Waals surface area contributed by atoms with Gasteiger partial charge in [-0.1, -0.05) is 51.0 Å². The van der Waals surface area contributed by atoms with E-state index in [1.165, 1.54) is 19.3 Å². The molecule has 3 nitrogen and oxygen atoms in total. The third kappa shape index (κ3) is 3.83. The normalized spacial score (nSPS) is 26.4. The third-order valence-electron chi connectivity index (χ3n) is 4.72. The van der Waals surface area contributed by atoms with Crippen molar-refractivity contribution < 1.29 is 9.90 Å². The van der Waals surface area contributed by atoms with Crippen LogP contribution in [0.25, 0.3) is 0 Å². The highest BCUT2D eigenvalue weighted by Gasteiger charge is 2.26. The highest BCUT2D eigenvalue weighted by Crippen LogP contribution is 2.29. The molecule has 0 bridgehead atoms. The lowest BCUT2D eigenvalue weighted by molar-refractivity contribution is -0.136. The molecule has 2 rings (SSSR count). The molecule has 20 heavy (non-hydrogen) atoms. The van der Waals surface area contributed by atoms with Gasteiger partial charge in [-0.2, -0.15) is 0 Å². The Labute approximate surface area is 121 Å². The SMILES string of the molecule is CC1CCCC(NCc2ccccc2CC(=O)O)C1C. The van der Waals surface area contributed by atoms with Crippen LogP contribution >= 0.6 is 0 Å². The number of aliphatic carboxylic acids is 1. The minimum atomic E-state index is -0.767. The summed E-state index contributed by atoms with van der Waals surface area (Å²) in [7, 11) is 0. The zero-order chi connectivity index (χ0) is 14.5. The second-order valence-electron chi connectivity index (χ2n) is 6.09. The van der Waals surface area contributed by atoms with Gasteiger partial charge in [0.05, 0.1) is 6.42 Å². The van der Waals surface area contributed by atoms with Crippen molar-refractivity contribution in [3.8, 4) is 0 Å². The molecule has 3 atom stereocenters. The maximum atomic E-state index is 10.9. The van der Waals surface area contributed by atoms with Crippen LogP contribution < -0.4 is 5.32 Å². The van der Waals surface area contributed by atoms with Crippen LogP contribution in [-0.2, 0) is 17.8 Å². The zero-order valence-corrected chi connectivity index (χ0v) is 12.4. The number of rotatable bonds is 5. The molecule has 2 N–H and O–H groups in total. The van der Waals surface area contributed by atoms with Crippen LogP contribution in [0.5, 0.6) is 0 Å². The second kappa shape index (κ2) is 6.89. The van der Waals surface area contributed by atoms with E-state index in [1.54, 1.807) is 0 Å². The van der Waals surface area contributed by atoms with E-state index in [9.17, 15) is 4.79 Å². The second-order valence-corrected chi connectivity index (χ2v) is 6.09. The van der Waals surface area contributed by atoms with Crippen molar-refractivity contribution in [1.29, 1.82) is 0 Å². The summed E-state index contributed by atoms with van der Waals surface area (Å²) in [5.74, 6) is 0.697. The molecule has 0 amide bonds. The first-order valence-electron chi connectivity index (χ1n) is 7.60. The summed E-state index contributed by atoms with van der Waals surface area (Å²) in [6.45, 7) is 5.42. The predicted molar refractivity (Wildman–Crippen MR) is 80.6 cm³/mol. The summed E-state index contributed by atoms with van der Waals surface area (Å²) in [6, 6.07) is 8.39. The Morgan fingerprint density at radius 3 is 2.65 bits per heavy atom. The van der Waals surface area contributed by atoms with E-state index in [1.807, 2.05) is 24.3 Å². The summed E-state index contributed by atoms with van der Waals surface area (Å²) in [5, 5.41) is 12.6. The van der Waals surface area contributed by atoms with Crippen molar-refractivity contribution in [2.45, 2.75) is 52.1 Å². The maximum Gasteiger partial charge on any atom is 0.307 e. The minimum absolute atomic E-state index is 0.106. The van der Waals surface area contributed by atoms with Crippen LogP contribution in [0.4, 0.5) is 0 Å². The minimum Gasteiger partial charge on any atom is -0.481 e. The molecule has 0 spiro atoms. The van der Waals surface area contributed by atoms with Crippen molar-refractivity contribution in [1.82, 2.24) is 5.32 Å². The lowest BCUT2D eigenvalue weighted by Gasteiger charge is -2.35. The number of benzene rings is 1. The van der Waals surface area contributed by atoms with Crippen molar-refractivity contribution in [3.63, 3.8) is 0 Å². The molecule has 1 saturated carbocycles. The summed E-state index contributed by atoms with van der Waals surface area (Å²) >= 11 is 0. The summed E-state index contributed by atoms with van der Waals surface area (Å²) in [4.78, 5) is 10.9. The fourth-order valence-electron chi connectivity index (χ4n) is 3.18. The number of carbonyl (C=O) groups is 1. The largest absolute Gasteiger partial charge is 0.481 e. The average Bonchev–Trinajstić information content (AvgIpc) is 2.41. The Morgan fingerprint density at radius 1 is 1.25 bits per heavy atom. The Kier molecular flexibility index (Phi) is 5.18. The van der Waals surface area contributed by atoms with Gasteiger partial charge in [0.25, 0.3) is 0 Å². The topological polar surface area (TPSA) is 49.3 Å². The highest BCUT2D eigenvalue weighted by molar-refractivity contribution is 5.70. The van der Waals surface area contributed by atoms with E-state index in [-0.39, 0.29) is 6.42 Å². The van der Waals surface area contributed by atoms with Gasteiger partial charge in [-0.3, -0.25) is 4.79 Å². The van der Waals surface area contributed by atoms with Crippen LogP contribution in [0.15, 0.2) is 24.3 Å². The first kappa shape index (κ1) is 15.0. The number of carboxylic acids is 1. The van der Waals surface area contributed by atoms with Gasteiger partial charge in [-0.15, -0.1) is 0 Å². The van der Waals surface area contributed by atoms with Gasteiger partial charge in [0, 0.05) is 12.6 Å². The van der Waals surface area contributed by atoms with Crippen LogP contribution in [0, 0.1) is 11.8 Å². The lowest BCUT2D eigenvalue weighted by atomic mass is 9.78. The van der Waals surface area contributed by atoms with E-state index in [4.69, 9.17) is 5.11 Å². The fourth-order valence-corrected chi connectivity index (χ4v) is 3.18. The molecule has 1 aromatic rings. The van der Waals surface area contributed by atoms with E-state index in [0.717, 1.165) is 23.6 Å². The molecule has 3 heteroatoms. The smallest absolute Gasteiger partial charge is 0.307 e. The van der Waals surface area contributed by atoms with Crippen LogP contribution in [0.3, 0.4) is 0 Å². The first-order chi connectivity index (χ1) is 9.58. The monoisotopic (exact) mass is 275 g/mol. The zero-order valence-electron chi connectivity index (χ0n) is 12.4. The number of nitrogens with one attached hydrogen (secondary N) is 1. The summed E-state index contributed by atoms with van der Waals surface area (Å²) < 4.78 is 0. The summed E-state index contributed by atoms with van der Waals surface area (Å²) in [6.07, 6.45) is 3.95. The van der Waals surface area contributed by atoms with Gasteiger partial charge in [0.1, 0.15) is 0 Å². The van der Waals surface area contributed by atoms with Crippen molar-refractivity contribution in [2.75, 3.05) is 0 Å². The highest BCUT2D eigenvalue weighted by atomic mass is 16.4. The quantitative estimate of drug-likeness (QED) is 0.867. The van der Waals surface area contributed by atoms with Crippen molar-refractivity contribution in [3.05, 3.63) is 35.4 Å². The van der Waals surface area contributed by atoms with Crippen LogP contribution in [-0.4, -0.2) is 17.1 Å². The van der Waals surface area contributed by atoms with Gasteiger partial charge >= 0.3 is 5.97 Å². The van der Waals surface area contributed by atoms with E-state index in [2.05, 4.69) is 19.2 Å². The maximum absolute atomic E-state index is 10.9. The average molecular weight is 275 g/mol. The van der Waals surface area contributed by atoms with E-state index in [0.29, 0.717) is 12.0 Å². The van der Waals surface area contributed by atoms with Gasteiger partial charge in [0.15, 0.2) is 0 Å². The van der Waals surface area contributed by atoms with Gasteiger partial charge in [0.2, 0.25) is 0 Å². The third-order valence-corrected chi connectivity index (χ3v) is 4.72. The Hall–Kier alpha value is -1.35. The van der Waals surface area contributed by atoms with E-state index >= 15 is 0 Å². The van der Waals surface area contributed by atoms with Gasteiger partial charge in [-0.25, -0.2) is 0 Å². The van der Waals surface area contributed by atoms with Crippen molar-refractivity contribution >= 4 is 5.97 Å². The Bertz CT molecular complexity index is 458. The molecule has 1 fully saturated rings. The molecule has 1 aromatic carbocycles. The molecular weight excluding hydrogens is 250 g/mol. The standard InChI is InChI=1S/C17H25NO2/c1-12-6-5-9-16(13(12)2)18-11-15-8-4-3-7-14(15)10-17(19)20/h3-4,7-8,12-13,16,18H,5-6,9-11H2,1-2H3,(H,19,20). The number of hydrogen-bond donors (Lipinski definition) is 2. The van der Waals surface area contributed by atoms with E-state index < -0.39 is 5.97 Å². The predicted octanol–water partition coefficient (Wildman–Crippen LogP) is 3.23. The van der Waals surface area contributed by atoms with Gasteiger partial charge < -0.3 is 10.4 Å². The number of carboxylic acid groups (broad SMARTS) is 1. The lowest BCUT2D eigenvalue weighted by Crippen LogP contribution is -2.40. The van der Waals surface area contributed by atoms with Crippen LogP contribution in [0.1, 0.15) is 44.2 Å².